The Bertz CT molecular complexity index is 1300. The van der Waals surface area contributed by atoms with Gasteiger partial charge in [0.05, 0.1) is 35.2 Å². The minimum atomic E-state index is -4.41. The van der Waals surface area contributed by atoms with Gasteiger partial charge in [-0.15, -0.1) is 0 Å². The zero-order valence-corrected chi connectivity index (χ0v) is 17.9. The van der Waals surface area contributed by atoms with E-state index in [1.54, 1.807) is 41.5 Å². The molecule has 1 aromatic carbocycles. The second-order valence-corrected chi connectivity index (χ2v) is 8.03. The summed E-state index contributed by atoms with van der Waals surface area (Å²) >= 11 is 0. The first-order valence-electron chi connectivity index (χ1n) is 10.6. The zero-order valence-electron chi connectivity index (χ0n) is 17.9. The highest BCUT2D eigenvalue weighted by Crippen LogP contribution is 2.40. The van der Waals surface area contributed by atoms with Crippen LogP contribution >= 0.6 is 0 Å². The van der Waals surface area contributed by atoms with Crippen LogP contribution < -0.4 is 0 Å². The van der Waals surface area contributed by atoms with E-state index < -0.39 is 17.7 Å². The summed E-state index contributed by atoms with van der Waals surface area (Å²) in [7, 11) is 0. The van der Waals surface area contributed by atoms with Gasteiger partial charge in [0.2, 0.25) is 0 Å². The molecule has 5 rings (SSSR count). The standard InChI is InChI=1S/C24H21F3N6/c1-16-14-32(15-29-16)18-10-8-17(28-13-18)9-11-22-30-23-20(6-4-12-33(23)31-22)19-5-2-3-7-21(19)24(25,26)27/h2-3,5,7-11,13-15,20H,4,6,12H2,1H3/b11-9+. The van der Waals surface area contributed by atoms with Gasteiger partial charge in [-0.05, 0) is 55.7 Å². The number of aromatic nitrogens is 6. The topological polar surface area (TPSA) is 61.4 Å². The molecular weight excluding hydrogens is 429 g/mol. The van der Waals surface area contributed by atoms with Crippen molar-refractivity contribution in [2.24, 2.45) is 0 Å². The number of fused-ring (bicyclic) bond motifs is 1. The van der Waals surface area contributed by atoms with Crippen LogP contribution in [0.25, 0.3) is 17.8 Å². The van der Waals surface area contributed by atoms with E-state index in [2.05, 4.69) is 20.1 Å². The molecule has 9 heteroatoms. The Morgan fingerprint density at radius 3 is 2.64 bits per heavy atom. The van der Waals surface area contributed by atoms with Gasteiger partial charge in [-0.1, -0.05) is 18.2 Å². The SMILES string of the molecule is Cc1cn(-c2ccc(/C=C/c3nc4n(n3)CCCC4c3ccccc3C(F)(F)F)nc2)cn1. The van der Waals surface area contributed by atoms with E-state index in [0.717, 1.165) is 29.6 Å². The van der Waals surface area contributed by atoms with Gasteiger partial charge in [0.15, 0.2) is 5.82 Å². The summed E-state index contributed by atoms with van der Waals surface area (Å²) in [6.07, 6.45) is 5.86. The number of alkyl halides is 3. The normalized spacial score (nSPS) is 16.3. The van der Waals surface area contributed by atoms with Crippen LogP contribution in [-0.2, 0) is 12.7 Å². The first kappa shape index (κ1) is 21.1. The first-order valence-corrected chi connectivity index (χ1v) is 10.6. The first-order chi connectivity index (χ1) is 15.9. The number of pyridine rings is 1. The van der Waals surface area contributed by atoms with E-state index in [4.69, 9.17) is 0 Å². The van der Waals surface area contributed by atoms with Gasteiger partial charge in [0.25, 0.3) is 0 Å². The Morgan fingerprint density at radius 2 is 1.91 bits per heavy atom. The van der Waals surface area contributed by atoms with Crippen molar-refractivity contribution in [1.82, 2.24) is 29.3 Å². The lowest BCUT2D eigenvalue weighted by molar-refractivity contribution is -0.138. The number of hydrogen-bond donors (Lipinski definition) is 0. The number of rotatable bonds is 4. The summed E-state index contributed by atoms with van der Waals surface area (Å²) in [5.41, 5.74) is 2.18. The van der Waals surface area contributed by atoms with Crippen molar-refractivity contribution in [3.8, 4) is 5.69 Å². The number of imidazole rings is 1. The molecule has 0 saturated heterocycles. The van der Waals surface area contributed by atoms with E-state index in [1.807, 2.05) is 29.8 Å². The van der Waals surface area contributed by atoms with Gasteiger partial charge >= 0.3 is 6.18 Å². The maximum absolute atomic E-state index is 13.6. The van der Waals surface area contributed by atoms with Gasteiger partial charge < -0.3 is 4.57 Å². The summed E-state index contributed by atoms with van der Waals surface area (Å²) in [6, 6.07) is 9.54. The number of benzene rings is 1. The molecule has 1 aliphatic rings. The highest BCUT2D eigenvalue weighted by Gasteiger charge is 2.37. The van der Waals surface area contributed by atoms with Crippen molar-refractivity contribution < 1.29 is 13.2 Å². The van der Waals surface area contributed by atoms with Crippen LogP contribution in [0.5, 0.6) is 0 Å². The van der Waals surface area contributed by atoms with Crippen molar-refractivity contribution in [2.45, 2.75) is 38.4 Å². The summed E-state index contributed by atoms with van der Waals surface area (Å²) < 4.78 is 44.3. The molecule has 0 radical (unpaired) electrons. The fraction of sp³-hybridized carbons (Fsp3) is 0.250. The van der Waals surface area contributed by atoms with Crippen molar-refractivity contribution in [1.29, 1.82) is 0 Å². The smallest absolute Gasteiger partial charge is 0.304 e. The van der Waals surface area contributed by atoms with Crippen LogP contribution in [0.4, 0.5) is 13.2 Å². The maximum Gasteiger partial charge on any atom is 0.416 e. The third-order valence-corrected chi connectivity index (χ3v) is 5.72. The molecular formula is C24H21F3N6. The van der Waals surface area contributed by atoms with Crippen LogP contribution in [0.15, 0.2) is 55.1 Å². The predicted molar refractivity (Wildman–Crippen MR) is 118 cm³/mol. The molecule has 33 heavy (non-hydrogen) atoms. The molecule has 6 nitrogen and oxygen atoms in total. The molecule has 3 aromatic heterocycles. The highest BCUT2D eigenvalue weighted by molar-refractivity contribution is 5.64. The van der Waals surface area contributed by atoms with E-state index in [9.17, 15) is 13.2 Å². The fourth-order valence-electron chi connectivity index (χ4n) is 4.16. The lowest BCUT2D eigenvalue weighted by atomic mass is 9.88. The number of nitrogens with zero attached hydrogens (tertiary/aromatic N) is 6. The zero-order chi connectivity index (χ0) is 23.0. The van der Waals surface area contributed by atoms with Crippen LogP contribution in [0.1, 0.15) is 52.9 Å². The van der Waals surface area contributed by atoms with Gasteiger partial charge in [-0.2, -0.15) is 18.3 Å². The molecule has 0 bridgehead atoms. The molecule has 168 valence electrons. The maximum atomic E-state index is 13.6. The second kappa shape index (κ2) is 8.31. The van der Waals surface area contributed by atoms with E-state index >= 15 is 0 Å². The van der Waals surface area contributed by atoms with Gasteiger partial charge in [0.1, 0.15) is 5.82 Å². The quantitative estimate of drug-likeness (QED) is 0.424. The lowest BCUT2D eigenvalue weighted by Crippen LogP contribution is -2.21. The number of hydrogen-bond acceptors (Lipinski definition) is 4. The van der Waals surface area contributed by atoms with Gasteiger partial charge in [-0.25, -0.2) is 14.6 Å². The Balaban J connectivity index is 1.40. The average molecular weight is 450 g/mol. The molecule has 4 heterocycles. The number of halogens is 3. The molecule has 0 N–H and O–H groups in total. The Kier molecular flexibility index (Phi) is 5.32. The van der Waals surface area contributed by atoms with Crippen LogP contribution in [0.2, 0.25) is 0 Å². The Morgan fingerprint density at radius 1 is 1.06 bits per heavy atom. The molecule has 0 aliphatic carbocycles. The summed E-state index contributed by atoms with van der Waals surface area (Å²) in [4.78, 5) is 13.2. The number of aryl methyl sites for hydroxylation is 2. The monoisotopic (exact) mass is 450 g/mol. The second-order valence-electron chi connectivity index (χ2n) is 8.03. The van der Waals surface area contributed by atoms with Gasteiger partial charge in [-0.3, -0.25) is 4.98 Å². The summed E-state index contributed by atoms with van der Waals surface area (Å²) in [6.45, 7) is 2.56. The highest BCUT2D eigenvalue weighted by atomic mass is 19.4. The predicted octanol–water partition coefficient (Wildman–Crippen LogP) is 5.28. The minimum Gasteiger partial charge on any atom is -0.304 e. The molecule has 1 unspecified atom stereocenters. The van der Waals surface area contributed by atoms with Crippen molar-refractivity contribution in [3.05, 3.63) is 89.3 Å². The lowest BCUT2D eigenvalue weighted by Gasteiger charge is -2.25. The largest absolute Gasteiger partial charge is 0.416 e. The molecule has 4 aromatic rings. The summed E-state index contributed by atoms with van der Waals surface area (Å²) in [5, 5.41) is 4.50. The van der Waals surface area contributed by atoms with E-state index in [0.29, 0.717) is 24.6 Å². The minimum absolute atomic E-state index is 0.251. The Labute approximate surface area is 188 Å². The molecule has 0 fully saturated rings. The molecule has 0 amide bonds. The fourth-order valence-corrected chi connectivity index (χ4v) is 4.16. The van der Waals surface area contributed by atoms with E-state index in [-0.39, 0.29) is 5.56 Å². The van der Waals surface area contributed by atoms with Crippen LogP contribution in [0, 0.1) is 6.92 Å². The van der Waals surface area contributed by atoms with Crippen molar-refractivity contribution >= 4 is 12.2 Å². The molecule has 1 atom stereocenters. The molecule has 0 spiro atoms. The average Bonchev–Trinajstić information content (AvgIpc) is 3.43. The molecule has 0 saturated carbocycles. The molecule has 1 aliphatic heterocycles. The van der Waals surface area contributed by atoms with Crippen molar-refractivity contribution in [3.63, 3.8) is 0 Å². The third-order valence-electron chi connectivity index (χ3n) is 5.72. The summed E-state index contributed by atoms with van der Waals surface area (Å²) in [5.74, 6) is 0.580. The van der Waals surface area contributed by atoms with Crippen molar-refractivity contribution in [2.75, 3.05) is 0 Å². The Hall–Kier alpha value is -3.75. The van der Waals surface area contributed by atoms with Crippen LogP contribution in [0.3, 0.4) is 0 Å². The third kappa shape index (κ3) is 4.30. The van der Waals surface area contributed by atoms with Crippen LogP contribution in [-0.4, -0.2) is 29.3 Å². The van der Waals surface area contributed by atoms with E-state index in [1.165, 1.54) is 6.07 Å². The van der Waals surface area contributed by atoms with Gasteiger partial charge in [0, 0.05) is 18.7 Å².